The Morgan fingerprint density at radius 3 is 2.91 bits per heavy atom. The maximum Gasteiger partial charge on any atom is 0.216 e. The SMILES string of the molecule is C=C/C=C\C1=C(C)[C@]2(CC1)CCc1cccc(C3=NCCO3)c12. The van der Waals surface area contributed by atoms with E-state index in [0.29, 0.717) is 6.61 Å². The van der Waals surface area contributed by atoms with Crippen LogP contribution >= 0.6 is 0 Å². The molecule has 2 nitrogen and oxygen atoms in total. The Balaban J connectivity index is 1.86. The molecule has 1 aliphatic heterocycles. The molecule has 118 valence electrons. The lowest BCUT2D eigenvalue weighted by Crippen LogP contribution is -2.24. The topological polar surface area (TPSA) is 21.6 Å². The van der Waals surface area contributed by atoms with Crippen molar-refractivity contribution in [1.82, 2.24) is 0 Å². The van der Waals surface area contributed by atoms with Gasteiger partial charge in [-0.05, 0) is 55.4 Å². The van der Waals surface area contributed by atoms with Crippen molar-refractivity contribution in [3.63, 3.8) is 0 Å². The summed E-state index contributed by atoms with van der Waals surface area (Å²) < 4.78 is 5.80. The molecule has 1 atom stereocenters. The van der Waals surface area contributed by atoms with E-state index in [-0.39, 0.29) is 5.41 Å². The maximum absolute atomic E-state index is 5.80. The van der Waals surface area contributed by atoms with Crippen LogP contribution in [0.4, 0.5) is 0 Å². The summed E-state index contributed by atoms with van der Waals surface area (Å²) in [6.45, 7) is 7.62. The molecule has 0 aromatic heterocycles. The predicted octanol–water partition coefficient (Wildman–Crippen LogP) is 4.50. The quantitative estimate of drug-likeness (QED) is 0.753. The van der Waals surface area contributed by atoms with Gasteiger partial charge in [0.1, 0.15) is 6.61 Å². The van der Waals surface area contributed by atoms with E-state index in [4.69, 9.17) is 4.74 Å². The number of allylic oxidation sites excluding steroid dienone is 5. The third kappa shape index (κ3) is 2.12. The van der Waals surface area contributed by atoms with Crippen LogP contribution in [-0.2, 0) is 16.6 Å². The number of aliphatic imine (C=N–C) groups is 1. The fraction of sp³-hybridized carbons (Fsp3) is 0.381. The van der Waals surface area contributed by atoms with Crippen LogP contribution in [0, 0.1) is 0 Å². The molecule has 1 heterocycles. The molecule has 1 aromatic carbocycles. The molecule has 0 saturated heterocycles. The molecule has 0 bridgehead atoms. The zero-order chi connectivity index (χ0) is 15.9. The normalized spacial score (nSPS) is 26.0. The number of nitrogens with zero attached hydrogens (tertiary/aromatic N) is 1. The second kappa shape index (κ2) is 5.52. The van der Waals surface area contributed by atoms with E-state index in [2.05, 4.69) is 48.8 Å². The lowest BCUT2D eigenvalue weighted by Gasteiger charge is -2.29. The van der Waals surface area contributed by atoms with E-state index in [1.807, 2.05) is 6.08 Å². The summed E-state index contributed by atoms with van der Waals surface area (Å²) >= 11 is 0. The molecule has 1 aromatic rings. The van der Waals surface area contributed by atoms with E-state index < -0.39 is 0 Å². The molecule has 0 saturated carbocycles. The summed E-state index contributed by atoms with van der Waals surface area (Å²) in [4.78, 5) is 4.58. The first-order valence-corrected chi connectivity index (χ1v) is 8.55. The monoisotopic (exact) mass is 305 g/mol. The fourth-order valence-electron chi connectivity index (χ4n) is 4.57. The van der Waals surface area contributed by atoms with Gasteiger partial charge >= 0.3 is 0 Å². The molecule has 0 unspecified atom stereocenters. The summed E-state index contributed by atoms with van der Waals surface area (Å²) in [5.74, 6) is 0.853. The molecule has 1 spiro atoms. The largest absolute Gasteiger partial charge is 0.476 e. The van der Waals surface area contributed by atoms with Crippen LogP contribution in [0.3, 0.4) is 0 Å². The van der Waals surface area contributed by atoms with Crippen LogP contribution in [0.2, 0.25) is 0 Å². The zero-order valence-corrected chi connectivity index (χ0v) is 13.8. The Bertz CT molecular complexity index is 753. The van der Waals surface area contributed by atoms with Gasteiger partial charge in [-0.3, -0.25) is 0 Å². The van der Waals surface area contributed by atoms with Crippen molar-refractivity contribution in [2.75, 3.05) is 13.2 Å². The van der Waals surface area contributed by atoms with Crippen molar-refractivity contribution in [3.8, 4) is 0 Å². The van der Waals surface area contributed by atoms with Crippen LogP contribution in [0.25, 0.3) is 0 Å². The highest BCUT2D eigenvalue weighted by Crippen LogP contribution is 2.54. The minimum atomic E-state index is 0.182. The number of benzene rings is 1. The van der Waals surface area contributed by atoms with Gasteiger partial charge in [-0.2, -0.15) is 0 Å². The van der Waals surface area contributed by atoms with Gasteiger partial charge < -0.3 is 4.74 Å². The lowest BCUT2D eigenvalue weighted by molar-refractivity contribution is 0.347. The van der Waals surface area contributed by atoms with Crippen LogP contribution in [0.15, 0.2) is 59.1 Å². The van der Waals surface area contributed by atoms with E-state index in [1.54, 1.807) is 0 Å². The van der Waals surface area contributed by atoms with E-state index in [1.165, 1.54) is 40.7 Å². The Hall–Kier alpha value is -2.09. The van der Waals surface area contributed by atoms with E-state index in [0.717, 1.165) is 25.3 Å². The van der Waals surface area contributed by atoms with Gasteiger partial charge in [-0.15, -0.1) is 0 Å². The van der Waals surface area contributed by atoms with Gasteiger partial charge in [0.05, 0.1) is 6.54 Å². The summed E-state index contributed by atoms with van der Waals surface area (Å²) in [5.41, 5.74) is 7.38. The second-order valence-electron chi connectivity index (χ2n) is 6.70. The molecule has 23 heavy (non-hydrogen) atoms. The average Bonchev–Trinajstić information content (AvgIpc) is 3.29. The fourth-order valence-corrected chi connectivity index (χ4v) is 4.57. The van der Waals surface area contributed by atoms with Gasteiger partial charge in [-0.25, -0.2) is 4.99 Å². The predicted molar refractivity (Wildman–Crippen MR) is 95.1 cm³/mol. The van der Waals surface area contributed by atoms with E-state index >= 15 is 0 Å². The first-order chi connectivity index (χ1) is 11.3. The Labute approximate surface area is 138 Å². The first kappa shape index (κ1) is 14.5. The van der Waals surface area contributed by atoms with Crippen LogP contribution in [0.5, 0.6) is 0 Å². The molecular weight excluding hydrogens is 282 g/mol. The molecule has 0 N–H and O–H groups in total. The standard InChI is InChI=1S/C21H23NO/c1-3-4-6-16-9-11-21(15(16)2)12-10-17-7-5-8-18(19(17)21)20-22-13-14-23-20/h3-8H,1,9-14H2,2H3/b6-4-/t21-/m0/s1. The van der Waals surface area contributed by atoms with Gasteiger partial charge in [0, 0.05) is 11.0 Å². The van der Waals surface area contributed by atoms with Crippen LogP contribution in [-0.4, -0.2) is 19.0 Å². The van der Waals surface area contributed by atoms with Crippen LogP contribution < -0.4 is 0 Å². The highest BCUT2D eigenvalue weighted by atomic mass is 16.5. The molecule has 0 radical (unpaired) electrons. The summed E-state index contributed by atoms with van der Waals surface area (Å²) in [7, 11) is 0. The first-order valence-electron chi connectivity index (χ1n) is 8.55. The molecule has 0 amide bonds. The van der Waals surface area contributed by atoms with Gasteiger partial charge in [0.2, 0.25) is 5.90 Å². The Morgan fingerprint density at radius 1 is 1.26 bits per heavy atom. The second-order valence-corrected chi connectivity index (χ2v) is 6.70. The maximum atomic E-state index is 5.80. The van der Waals surface area contributed by atoms with E-state index in [9.17, 15) is 0 Å². The minimum absolute atomic E-state index is 0.182. The number of fused-ring (bicyclic) bond motifs is 2. The zero-order valence-electron chi connectivity index (χ0n) is 13.8. The van der Waals surface area contributed by atoms with Crippen molar-refractivity contribution < 1.29 is 4.74 Å². The Kier molecular flexibility index (Phi) is 3.48. The van der Waals surface area contributed by atoms with Crippen molar-refractivity contribution in [2.45, 2.75) is 38.0 Å². The Morgan fingerprint density at radius 2 is 2.13 bits per heavy atom. The van der Waals surface area contributed by atoms with Crippen molar-refractivity contribution in [1.29, 1.82) is 0 Å². The lowest BCUT2D eigenvalue weighted by atomic mass is 9.74. The average molecular weight is 305 g/mol. The van der Waals surface area contributed by atoms with Crippen molar-refractivity contribution in [2.24, 2.45) is 4.99 Å². The number of hydrogen-bond acceptors (Lipinski definition) is 2. The van der Waals surface area contributed by atoms with Crippen molar-refractivity contribution in [3.05, 3.63) is 70.8 Å². The summed E-state index contributed by atoms with van der Waals surface area (Å²) in [6, 6.07) is 6.64. The van der Waals surface area contributed by atoms with Gasteiger partial charge in [0.25, 0.3) is 0 Å². The molecule has 2 heteroatoms. The third-order valence-corrected chi connectivity index (χ3v) is 5.72. The highest BCUT2D eigenvalue weighted by molar-refractivity contribution is 5.97. The van der Waals surface area contributed by atoms with Crippen molar-refractivity contribution >= 4 is 5.90 Å². The number of hydrogen-bond donors (Lipinski definition) is 0. The number of ether oxygens (including phenoxy) is 1. The molecule has 4 rings (SSSR count). The minimum Gasteiger partial charge on any atom is -0.476 e. The summed E-state index contributed by atoms with van der Waals surface area (Å²) in [5, 5.41) is 0. The van der Waals surface area contributed by atoms with Crippen LogP contribution in [0.1, 0.15) is 42.9 Å². The summed E-state index contributed by atoms with van der Waals surface area (Å²) in [6.07, 6.45) is 10.9. The van der Waals surface area contributed by atoms with Gasteiger partial charge in [0.15, 0.2) is 0 Å². The molecule has 2 aliphatic carbocycles. The number of aryl methyl sites for hydroxylation is 1. The highest BCUT2D eigenvalue weighted by Gasteiger charge is 2.46. The molecule has 0 fully saturated rings. The molecular formula is C21H23NO. The molecule has 3 aliphatic rings. The smallest absolute Gasteiger partial charge is 0.216 e. The third-order valence-electron chi connectivity index (χ3n) is 5.72. The van der Waals surface area contributed by atoms with Gasteiger partial charge in [-0.1, -0.05) is 42.5 Å². The number of rotatable bonds is 3.